The highest BCUT2D eigenvalue weighted by atomic mass is 15.3. The van der Waals surface area contributed by atoms with Crippen molar-refractivity contribution in [3.63, 3.8) is 0 Å². The van der Waals surface area contributed by atoms with Gasteiger partial charge in [-0.1, -0.05) is 0 Å². The van der Waals surface area contributed by atoms with Gasteiger partial charge in [-0.25, -0.2) is 4.98 Å². The number of hydrogen-bond acceptors (Lipinski definition) is 4. The Bertz CT molecular complexity index is 361. The van der Waals surface area contributed by atoms with Crippen molar-refractivity contribution in [2.75, 3.05) is 10.6 Å². The Kier molecular flexibility index (Phi) is 2.24. The van der Waals surface area contributed by atoms with E-state index in [0.717, 1.165) is 24.3 Å². The molecular weight excluding hydrogens is 200 g/mol. The van der Waals surface area contributed by atoms with Crippen molar-refractivity contribution in [3.05, 3.63) is 18.3 Å². The lowest BCUT2D eigenvalue weighted by Gasteiger charge is -2.38. The highest BCUT2D eigenvalue weighted by Gasteiger charge is 2.40. The normalized spacial score (nSPS) is 33.1. The first-order valence-corrected chi connectivity index (χ1v) is 5.99. The number of nitrogens with two attached hydrogens (primary N) is 2. The van der Waals surface area contributed by atoms with Crippen LogP contribution in [0.3, 0.4) is 0 Å². The summed E-state index contributed by atoms with van der Waals surface area (Å²) >= 11 is 0. The summed E-state index contributed by atoms with van der Waals surface area (Å²) in [7, 11) is 0. The third kappa shape index (κ3) is 1.53. The third-order valence-corrected chi connectivity index (χ3v) is 3.80. The van der Waals surface area contributed by atoms with E-state index in [2.05, 4.69) is 9.88 Å². The zero-order chi connectivity index (χ0) is 11.1. The summed E-state index contributed by atoms with van der Waals surface area (Å²) in [4.78, 5) is 6.88. The molecule has 0 aromatic carbocycles. The van der Waals surface area contributed by atoms with E-state index in [-0.39, 0.29) is 0 Å². The van der Waals surface area contributed by atoms with E-state index >= 15 is 0 Å². The molecule has 0 aliphatic carbocycles. The van der Waals surface area contributed by atoms with Crippen LogP contribution in [0.2, 0.25) is 0 Å². The Morgan fingerprint density at radius 3 is 2.44 bits per heavy atom. The molecule has 2 aliphatic rings. The van der Waals surface area contributed by atoms with Crippen LogP contribution in [-0.2, 0) is 0 Å². The monoisotopic (exact) mass is 218 g/mol. The Labute approximate surface area is 95.6 Å². The van der Waals surface area contributed by atoms with Gasteiger partial charge >= 0.3 is 0 Å². The van der Waals surface area contributed by atoms with E-state index in [1.165, 1.54) is 12.8 Å². The van der Waals surface area contributed by atoms with E-state index in [9.17, 15) is 0 Å². The maximum Gasteiger partial charge on any atom is 0.129 e. The molecule has 2 atom stereocenters. The first kappa shape index (κ1) is 9.90. The molecule has 1 aromatic rings. The minimum Gasteiger partial charge on any atom is -0.397 e. The molecular formula is C12H18N4. The summed E-state index contributed by atoms with van der Waals surface area (Å²) in [6, 6.07) is 5.51. The predicted octanol–water partition coefficient (Wildman–Crippen LogP) is 1.12. The highest BCUT2D eigenvalue weighted by Crippen LogP contribution is 2.37. The molecule has 2 fully saturated rings. The molecule has 0 radical (unpaired) electrons. The molecule has 2 bridgehead atoms. The Morgan fingerprint density at radius 2 is 1.88 bits per heavy atom. The Morgan fingerprint density at radius 1 is 1.19 bits per heavy atom. The zero-order valence-corrected chi connectivity index (χ0v) is 9.34. The first-order valence-electron chi connectivity index (χ1n) is 5.99. The van der Waals surface area contributed by atoms with Crippen LogP contribution in [0.4, 0.5) is 11.5 Å². The van der Waals surface area contributed by atoms with Gasteiger partial charge in [-0.15, -0.1) is 0 Å². The topological polar surface area (TPSA) is 68.2 Å². The molecule has 3 heterocycles. The number of anilines is 2. The first-order chi connectivity index (χ1) is 7.74. The van der Waals surface area contributed by atoms with Gasteiger partial charge in [-0.05, 0) is 37.8 Å². The second-order valence-electron chi connectivity index (χ2n) is 4.97. The molecule has 0 saturated carbocycles. The van der Waals surface area contributed by atoms with Gasteiger partial charge in [0.25, 0.3) is 0 Å². The van der Waals surface area contributed by atoms with Crippen LogP contribution in [0.1, 0.15) is 25.7 Å². The quantitative estimate of drug-likeness (QED) is 0.741. The molecule has 2 saturated heterocycles. The minimum absolute atomic E-state index is 0.377. The summed E-state index contributed by atoms with van der Waals surface area (Å²) in [5.41, 5.74) is 12.4. The van der Waals surface area contributed by atoms with Gasteiger partial charge in [0.05, 0.1) is 11.9 Å². The summed E-state index contributed by atoms with van der Waals surface area (Å²) in [5.74, 6) is 1.06. The summed E-state index contributed by atoms with van der Waals surface area (Å²) in [5, 5.41) is 0. The van der Waals surface area contributed by atoms with Gasteiger partial charge in [0.1, 0.15) is 5.82 Å². The van der Waals surface area contributed by atoms with E-state index in [4.69, 9.17) is 11.5 Å². The lowest BCUT2D eigenvalue weighted by molar-refractivity contribution is 0.412. The molecule has 2 aliphatic heterocycles. The van der Waals surface area contributed by atoms with Gasteiger partial charge in [0.2, 0.25) is 0 Å². The number of rotatable bonds is 1. The van der Waals surface area contributed by atoms with Crippen molar-refractivity contribution in [2.24, 2.45) is 5.73 Å². The lowest BCUT2D eigenvalue weighted by atomic mass is 9.98. The Balaban J connectivity index is 1.88. The van der Waals surface area contributed by atoms with Crippen molar-refractivity contribution in [2.45, 2.75) is 43.8 Å². The minimum atomic E-state index is 0.377. The molecule has 1 aromatic heterocycles. The molecule has 0 spiro atoms. The average Bonchev–Trinajstić information content (AvgIpc) is 2.54. The number of pyridine rings is 1. The number of hydrogen-bond donors (Lipinski definition) is 2. The fraction of sp³-hybridized carbons (Fsp3) is 0.583. The standard InChI is InChI=1S/C12H18N4/c13-8-1-4-12(15-7-8)16-10-2-3-11(16)6-9(14)5-10/h1,4,7,9-11H,2-3,5-6,13-14H2. The summed E-state index contributed by atoms with van der Waals surface area (Å²) < 4.78 is 0. The Hall–Kier alpha value is -1.29. The average molecular weight is 218 g/mol. The molecule has 2 unspecified atom stereocenters. The number of fused-ring (bicyclic) bond motifs is 2. The van der Waals surface area contributed by atoms with Gasteiger partial charge in [0.15, 0.2) is 0 Å². The maximum absolute atomic E-state index is 6.05. The fourth-order valence-electron chi connectivity index (χ4n) is 3.14. The molecule has 4 N–H and O–H groups in total. The number of piperidine rings is 1. The van der Waals surface area contributed by atoms with Gasteiger partial charge < -0.3 is 16.4 Å². The van der Waals surface area contributed by atoms with E-state index in [1.807, 2.05) is 12.1 Å². The largest absolute Gasteiger partial charge is 0.397 e. The van der Waals surface area contributed by atoms with Crippen LogP contribution < -0.4 is 16.4 Å². The summed E-state index contributed by atoms with van der Waals surface area (Å²) in [6.45, 7) is 0. The van der Waals surface area contributed by atoms with Gasteiger partial charge in [-0.2, -0.15) is 0 Å². The van der Waals surface area contributed by atoms with Crippen LogP contribution in [0, 0.1) is 0 Å². The fourth-order valence-corrected chi connectivity index (χ4v) is 3.14. The number of aromatic nitrogens is 1. The van der Waals surface area contributed by atoms with Crippen LogP contribution in [-0.4, -0.2) is 23.1 Å². The van der Waals surface area contributed by atoms with Crippen LogP contribution in [0.5, 0.6) is 0 Å². The number of nitrogens with zero attached hydrogens (tertiary/aromatic N) is 2. The maximum atomic E-state index is 6.05. The molecule has 4 nitrogen and oxygen atoms in total. The highest BCUT2D eigenvalue weighted by molar-refractivity contribution is 5.48. The third-order valence-electron chi connectivity index (χ3n) is 3.80. The van der Waals surface area contributed by atoms with Crippen LogP contribution >= 0.6 is 0 Å². The smallest absolute Gasteiger partial charge is 0.129 e. The van der Waals surface area contributed by atoms with Gasteiger partial charge in [-0.3, -0.25) is 0 Å². The van der Waals surface area contributed by atoms with Crippen molar-refractivity contribution in [1.29, 1.82) is 0 Å². The molecule has 86 valence electrons. The molecule has 3 rings (SSSR count). The van der Waals surface area contributed by atoms with E-state index in [0.29, 0.717) is 18.1 Å². The summed E-state index contributed by atoms with van der Waals surface area (Å²) in [6.07, 6.45) is 6.45. The molecule has 16 heavy (non-hydrogen) atoms. The van der Waals surface area contributed by atoms with E-state index in [1.54, 1.807) is 6.20 Å². The molecule has 0 amide bonds. The second-order valence-corrected chi connectivity index (χ2v) is 4.97. The van der Waals surface area contributed by atoms with Crippen LogP contribution in [0.25, 0.3) is 0 Å². The number of nitrogen functional groups attached to an aromatic ring is 1. The van der Waals surface area contributed by atoms with Crippen LogP contribution in [0.15, 0.2) is 18.3 Å². The molecule has 4 heteroatoms. The van der Waals surface area contributed by atoms with Crippen molar-refractivity contribution in [3.8, 4) is 0 Å². The lowest BCUT2D eigenvalue weighted by Crippen LogP contribution is -2.47. The van der Waals surface area contributed by atoms with Crippen molar-refractivity contribution in [1.82, 2.24) is 4.98 Å². The SMILES string of the molecule is Nc1ccc(N2C3CCC2CC(N)C3)nc1. The van der Waals surface area contributed by atoms with Crippen molar-refractivity contribution < 1.29 is 0 Å². The van der Waals surface area contributed by atoms with Crippen molar-refractivity contribution >= 4 is 11.5 Å². The zero-order valence-electron chi connectivity index (χ0n) is 9.34. The predicted molar refractivity (Wildman–Crippen MR) is 65.1 cm³/mol. The van der Waals surface area contributed by atoms with E-state index < -0.39 is 0 Å². The second kappa shape index (κ2) is 3.63. The van der Waals surface area contributed by atoms with Gasteiger partial charge in [0, 0.05) is 18.1 Å².